The average Bonchev–Trinajstić information content (AvgIpc) is 2.72. The van der Waals surface area contributed by atoms with E-state index < -0.39 is 12.1 Å². The quantitative estimate of drug-likeness (QED) is 0.493. The summed E-state index contributed by atoms with van der Waals surface area (Å²) in [5, 5.41) is 14.3. The second kappa shape index (κ2) is 7.75. The highest BCUT2D eigenvalue weighted by atomic mass is 32.2. The fourth-order valence-electron chi connectivity index (χ4n) is 3.61. The number of rotatable bonds is 4. The summed E-state index contributed by atoms with van der Waals surface area (Å²) in [6.07, 6.45) is -0.728. The summed E-state index contributed by atoms with van der Waals surface area (Å²) in [4.78, 5) is 41.4. The lowest BCUT2D eigenvalue weighted by atomic mass is 10.0. The number of thioether (sulfide) groups is 1. The van der Waals surface area contributed by atoms with Crippen molar-refractivity contribution in [2.45, 2.75) is 25.2 Å². The maximum absolute atomic E-state index is 13.0. The Morgan fingerprint density at radius 2 is 1.90 bits per heavy atom. The lowest BCUT2D eigenvalue weighted by Crippen LogP contribution is -2.60. The summed E-state index contributed by atoms with van der Waals surface area (Å²) < 4.78 is 1.55. The molecule has 1 amide bonds. The first-order chi connectivity index (χ1) is 14.4. The largest absolute Gasteiger partial charge is 0.478 e. The van der Waals surface area contributed by atoms with E-state index in [1.165, 1.54) is 30.8 Å². The summed E-state index contributed by atoms with van der Waals surface area (Å²) in [6.45, 7) is 3.41. The van der Waals surface area contributed by atoms with Crippen molar-refractivity contribution < 1.29 is 19.4 Å². The fraction of sp³-hybridized carbons (Fsp3) is 0.190. The molecule has 1 aliphatic rings. The van der Waals surface area contributed by atoms with Crippen LogP contribution in [0.15, 0.2) is 58.5 Å². The number of aromatic nitrogens is 3. The number of aromatic amines is 1. The van der Waals surface area contributed by atoms with E-state index in [4.69, 9.17) is 0 Å². The summed E-state index contributed by atoms with van der Waals surface area (Å²) in [7, 11) is 0. The molecule has 8 nitrogen and oxygen atoms in total. The van der Waals surface area contributed by atoms with Gasteiger partial charge in [-0.2, -0.15) is 0 Å². The molecule has 0 saturated carbocycles. The van der Waals surface area contributed by atoms with Crippen molar-refractivity contribution in [2.24, 2.45) is 0 Å². The number of anilines is 1. The molecule has 2 aromatic carbocycles. The monoisotopic (exact) mass is 423 g/mol. The van der Waals surface area contributed by atoms with E-state index in [-0.39, 0.29) is 17.0 Å². The molecule has 30 heavy (non-hydrogen) atoms. The number of carboxylic acid groups (broad SMARTS) is 1. The van der Waals surface area contributed by atoms with Crippen LogP contribution in [0.2, 0.25) is 0 Å². The van der Waals surface area contributed by atoms with E-state index in [0.717, 1.165) is 0 Å². The molecule has 4 rings (SSSR count). The minimum Gasteiger partial charge on any atom is -0.478 e. The molecule has 0 aliphatic carbocycles. The average molecular weight is 423 g/mol. The van der Waals surface area contributed by atoms with Gasteiger partial charge in [0.2, 0.25) is 11.1 Å². The Balaban J connectivity index is 2.02. The van der Waals surface area contributed by atoms with E-state index >= 15 is 0 Å². The highest BCUT2D eigenvalue weighted by Crippen LogP contribution is 2.37. The van der Waals surface area contributed by atoms with Crippen molar-refractivity contribution in [1.82, 2.24) is 10.1 Å². The van der Waals surface area contributed by atoms with Crippen LogP contribution in [0.25, 0.3) is 11.3 Å². The van der Waals surface area contributed by atoms with Crippen LogP contribution in [0.3, 0.4) is 0 Å². The Morgan fingerprint density at radius 3 is 2.53 bits per heavy atom. The summed E-state index contributed by atoms with van der Waals surface area (Å²) in [5.41, 5.74) is 2.02. The van der Waals surface area contributed by atoms with Crippen molar-refractivity contribution in [3.8, 4) is 11.3 Å². The molecule has 0 radical (unpaired) electrons. The van der Waals surface area contributed by atoms with E-state index in [1.807, 2.05) is 6.92 Å². The van der Waals surface area contributed by atoms with Gasteiger partial charge in [0.05, 0.1) is 16.8 Å². The first-order valence-electron chi connectivity index (χ1n) is 9.33. The molecule has 1 unspecified atom stereocenters. The molecular weight excluding hydrogens is 404 g/mol. The van der Waals surface area contributed by atoms with Crippen molar-refractivity contribution in [3.63, 3.8) is 0 Å². The van der Waals surface area contributed by atoms with Gasteiger partial charge in [0, 0.05) is 17.6 Å². The van der Waals surface area contributed by atoms with Crippen LogP contribution in [0.4, 0.5) is 5.69 Å². The van der Waals surface area contributed by atoms with Gasteiger partial charge in [0.15, 0.2) is 0 Å². The van der Waals surface area contributed by atoms with Crippen molar-refractivity contribution in [1.29, 1.82) is 0 Å². The Bertz CT molecular complexity index is 1210. The number of carboxylic acids is 1. The lowest BCUT2D eigenvalue weighted by molar-refractivity contribution is -0.763. The number of para-hydroxylation sites is 1. The lowest BCUT2D eigenvalue weighted by Gasteiger charge is -2.31. The van der Waals surface area contributed by atoms with Gasteiger partial charge in [0.1, 0.15) is 0 Å². The van der Waals surface area contributed by atoms with Crippen LogP contribution < -0.4 is 15.1 Å². The number of fused-ring (bicyclic) bond motifs is 3. The van der Waals surface area contributed by atoms with Crippen LogP contribution in [0.5, 0.6) is 0 Å². The number of nitrogens with zero attached hydrogens (tertiary/aromatic N) is 3. The third kappa shape index (κ3) is 3.26. The predicted molar refractivity (Wildman–Crippen MR) is 112 cm³/mol. The normalized spacial score (nSPS) is 14.7. The van der Waals surface area contributed by atoms with Gasteiger partial charge in [-0.25, -0.2) is 9.69 Å². The number of hydrogen-bond donors (Lipinski definition) is 2. The molecule has 0 fully saturated rings. The second-order valence-electron chi connectivity index (χ2n) is 6.69. The molecule has 1 aromatic heterocycles. The molecule has 152 valence electrons. The van der Waals surface area contributed by atoms with Crippen LogP contribution in [0, 0.1) is 0 Å². The van der Waals surface area contributed by atoms with Crippen molar-refractivity contribution in [2.75, 3.05) is 10.7 Å². The fourth-order valence-corrected chi connectivity index (χ4v) is 4.20. The topological polar surface area (TPSA) is 107 Å². The highest BCUT2D eigenvalue weighted by molar-refractivity contribution is 7.99. The molecule has 1 atom stereocenters. The molecule has 3 aromatic rings. The predicted octanol–water partition coefficient (Wildman–Crippen LogP) is 2.45. The molecule has 2 heterocycles. The molecule has 0 saturated heterocycles. The third-order valence-corrected chi connectivity index (χ3v) is 5.58. The maximum atomic E-state index is 13.0. The molecule has 2 N–H and O–H groups in total. The zero-order valence-corrected chi connectivity index (χ0v) is 17.1. The van der Waals surface area contributed by atoms with Crippen LogP contribution >= 0.6 is 11.8 Å². The summed E-state index contributed by atoms with van der Waals surface area (Å²) >= 11 is 1.39. The van der Waals surface area contributed by atoms with E-state index in [0.29, 0.717) is 33.4 Å². The van der Waals surface area contributed by atoms with Crippen LogP contribution in [0.1, 0.15) is 35.9 Å². The molecule has 0 bridgehead atoms. The number of aromatic carboxylic acids is 1. The Hall–Kier alpha value is -3.46. The SMILES string of the molecule is CCSc1n[n+]2c(c(=O)[nH]1)-c1ccccc1N(C(C)=O)C2c1ccc(C(=O)O)cc1. The zero-order chi connectivity index (χ0) is 21.4. The van der Waals surface area contributed by atoms with Crippen LogP contribution in [-0.4, -0.2) is 32.8 Å². The molecule has 1 aliphatic heterocycles. The van der Waals surface area contributed by atoms with Gasteiger partial charge >= 0.3 is 17.2 Å². The van der Waals surface area contributed by atoms with Gasteiger partial charge in [-0.05, 0) is 46.8 Å². The van der Waals surface area contributed by atoms with Crippen molar-refractivity contribution in [3.05, 3.63) is 70.0 Å². The van der Waals surface area contributed by atoms with E-state index in [1.54, 1.807) is 46.0 Å². The standard InChI is InChI=1S/C21H18N4O4S/c1-3-30-21-22-18(27)17-15-6-4-5-7-16(15)24(12(2)26)19(25(17)23-21)13-8-10-14(11-9-13)20(28)29/h4-11,19H,3H2,1-2H3,(H-,22,23,27,28,29)/p+1. The summed E-state index contributed by atoms with van der Waals surface area (Å²) in [5.74, 6) is -0.546. The molecule has 0 spiro atoms. The number of carbonyl (C=O) groups is 2. The van der Waals surface area contributed by atoms with Crippen molar-refractivity contribution >= 4 is 29.3 Å². The number of carbonyl (C=O) groups excluding carboxylic acids is 1. The molecular formula is C21H19N4O4S+. The second-order valence-corrected chi connectivity index (χ2v) is 7.95. The minimum atomic E-state index is -1.04. The Morgan fingerprint density at radius 1 is 1.20 bits per heavy atom. The minimum absolute atomic E-state index is 0.135. The summed E-state index contributed by atoms with van der Waals surface area (Å²) in [6, 6.07) is 13.4. The number of benzene rings is 2. The van der Waals surface area contributed by atoms with E-state index in [2.05, 4.69) is 10.1 Å². The van der Waals surface area contributed by atoms with E-state index in [9.17, 15) is 19.5 Å². The first-order valence-corrected chi connectivity index (χ1v) is 10.3. The van der Waals surface area contributed by atoms with Gasteiger partial charge in [-0.15, -0.1) is 0 Å². The Kier molecular flexibility index (Phi) is 5.13. The van der Waals surface area contributed by atoms with Gasteiger partial charge in [-0.3, -0.25) is 14.6 Å². The first kappa shape index (κ1) is 19.8. The number of nitrogens with one attached hydrogen (secondary N) is 1. The van der Waals surface area contributed by atoms with Gasteiger partial charge in [-0.1, -0.05) is 30.8 Å². The number of hydrogen-bond acceptors (Lipinski definition) is 5. The highest BCUT2D eigenvalue weighted by Gasteiger charge is 2.44. The smallest absolute Gasteiger partial charge is 0.335 e. The number of amides is 1. The zero-order valence-electron chi connectivity index (χ0n) is 16.3. The van der Waals surface area contributed by atoms with Gasteiger partial charge < -0.3 is 5.11 Å². The molecule has 9 heteroatoms. The van der Waals surface area contributed by atoms with Gasteiger partial charge in [0.25, 0.3) is 6.17 Å². The Labute approximate surface area is 176 Å². The third-order valence-electron chi connectivity index (χ3n) is 4.83. The van der Waals surface area contributed by atoms with Crippen LogP contribution in [-0.2, 0) is 4.79 Å². The maximum Gasteiger partial charge on any atom is 0.335 e. The number of H-pyrrole nitrogens is 1.